The zero-order chi connectivity index (χ0) is 13.7. The van der Waals surface area contributed by atoms with Crippen LogP contribution in [0.1, 0.15) is 18.1 Å². The molecule has 2 aromatic carbocycles. The SMILES string of the molecule is CC(O)(CNCc1ccc(Br)cc1)c1ccccc1. The predicted molar refractivity (Wildman–Crippen MR) is 81.9 cm³/mol. The summed E-state index contributed by atoms with van der Waals surface area (Å²) in [7, 11) is 0. The van der Waals surface area contributed by atoms with Crippen LogP contribution in [0, 0.1) is 0 Å². The van der Waals surface area contributed by atoms with Crippen LogP contribution in [0.4, 0.5) is 0 Å². The molecular formula is C16H18BrNO. The van der Waals surface area contributed by atoms with Gasteiger partial charge in [0, 0.05) is 17.6 Å². The molecule has 0 saturated carbocycles. The molecule has 0 aliphatic carbocycles. The van der Waals surface area contributed by atoms with Gasteiger partial charge in [0.05, 0.1) is 5.60 Å². The minimum Gasteiger partial charge on any atom is -0.384 e. The van der Waals surface area contributed by atoms with Crippen molar-refractivity contribution < 1.29 is 5.11 Å². The molecule has 0 fully saturated rings. The Morgan fingerprint density at radius 3 is 2.32 bits per heavy atom. The van der Waals surface area contributed by atoms with Crippen molar-refractivity contribution in [1.82, 2.24) is 5.32 Å². The van der Waals surface area contributed by atoms with Gasteiger partial charge in [-0.25, -0.2) is 0 Å². The first-order chi connectivity index (χ1) is 9.08. The quantitative estimate of drug-likeness (QED) is 0.884. The topological polar surface area (TPSA) is 32.3 Å². The van der Waals surface area contributed by atoms with Crippen LogP contribution < -0.4 is 5.32 Å². The van der Waals surface area contributed by atoms with E-state index in [0.717, 1.165) is 16.6 Å². The standard InChI is InChI=1S/C16H18BrNO/c1-16(19,14-5-3-2-4-6-14)12-18-11-13-7-9-15(17)10-8-13/h2-10,18-19H,11-12H2,1H3. The molecule has 0 aliphatic heterocycles. The molecule has 0 aromatic heterocycles. The van der Waals surface area contributed by atoms with Crippen LogP contribution in [-0.2, 0) is 12.1 Å². The van der Waals surface area contributed by atoms with E-state index in [-0.39, 0.29) is 0 Å². The highest BCUT2D eigenvalue weighted by atomic mass is 79.9. The van der Waals surface area contributed by atoms with Crippen molar-refractivity contribution >= 4 is 15.9 Å². The maximum atomic E-state index is 10.4. The Bertz CT molecular complexity index is 508. The van der Waals surface area contributed by atoms with Crippen LogP contribution in [0.15, 0.2) is 59.1 Å². The third-order valence-electron chi connectivity index (χ3n) is 3.11. The van der Waals surface area contributed by atoms with Gasteiger partial charge in [-0.15, -0.1) is 0 Å². The van der Waals surface area contributed by atoms with Crippen molar-refractivity contribution in [2.24, 2.45) is 0 Å². The number of benzene rings is 2. The molecule has 100 valence electrons. The lowest BCUT2D eigenvalue weighted by Gasteiger charge is -2.24. The van der Waals surface area contributed by atoms with E-state index in [1.807, 2.05) is 49.4 Å². The molecule has 0 heterocycles. The molecule has 1 unspecified atom stereocenters. The summed E-state index contributed by atoms with van der Waals surface area (Å²) in [6.45, 7) is 3.10. The molecule has 1 atom stereocenters. The van der Waals surface area contributed by atoms with Crippen LogP contribution in [0.5, 0.6) is 0 Å². The van der Waals surface area contributed by atoms with E-state index in [1.165, 1.54) is 5.56 Å². The van der Waals surface area contributed by atoms with E-state index in [9.17, 15) is 5.11 Å². The van der Waals surface area contributed by atoms with Gasteiger partial charge in [-0.05, 0) is 30.2 Å². The maximum absolute atomic E-state index is 10.4. The van der Waals surface area contributed by atoms with Crippen molar-refractivity contribution in [3.63, 3.8) is 0 Å². The van der Waals surface area contributed by atoms with Crippen LogP contribution in [0.2, 0.25) is 0 Å². The van der Waals surface area contributed by atoms with Gasteiger partial charge in [-0.1, -0.05) is 58.4 Å². The zero-order valence-electron chi connectivity index (χ0n) is 10.9. The average Bonchev–Trinajstić information content (AvgIpc) is 2.42. The summed E-state index contributed by atoms with van der Waals surface area (Å²) in [5.41, 5.74) is 1.28. The van der Waals surface area contributed by atoms with E-state index in [0.29, 0.717) is 6.54 Å². The molecule has 19 heavy (non-hydrogen) atoms. The molecular weight excluding hydrogens is 302 g/mol. The Labute approximate surface area is 122 Å². The van der Waals surface area contributed by atoms with Crippen LogP contribution >= 0.6 is 15.9 Å². The van der Waals surface area contributed by atoms with Crippen LogP contribution in [0.3, 0.4) is 0 Å². The highest BCUT2D eigenvalue weighted by molar-refractivity contribution is 9.10. The summed E-state index contributed by atoms with van der Waals surface area (Å²) < 4.78 is 1.08. The lowest BCUT2D eigenvalue weighted by molar-refractivity contribution is 0.0567. The second-order valence-corrected chi connectivity index (χ2v) is 5.79. The fourth-order valence-corrected chi connectivity index (χ4v) is 2.22. The molecule has 0 saturated heterocycles. The number of aliphatic hydroxyl groups is 1. The summed E-state index contributed by atoms with van der Waals surface area (Å²) in [5.74, 6) is 0. The van der Waals surface area contributed by atoms with Gasteiger partial charge in [0.1, 0.15) is 0 Å². The lowest BCUT2D eigenvalue weighted by Crippen LogP contribution is -2.35. The molecule has 3 heteroatoms. The monoisotopic (exact) mass is 319 g/mol. The third kappa shape index (κ3) is 4.16. The molecule has 2 aromatic rings. The molecule has 2 N–H and O–H groups in total. The first-order valence-electron chi connectivity index (χ1n) is 6.31. The Hall–Kier alpha value is -1.16. The first-order valence-corrected chi connectivity index (χ1v) is 7.10. The number of rotatable bonds is 5. The maximum Gasteiger partial charge on any atom is 0.0992 e. The van der Waals surface area contributed by atoms with Gasteiger partial charge in [-0.2, -0.15) is 0 Å². The molecule has 2 nitrogen and oxygen atoms in total. The van der Waals surface area contributed by atoms with E-state index >= 15 is 0 Å². The highest BCUT2D eigenvalue weighted by Crippen LogP contribution is 2.19. The smallest absolute Gasteiger partial charge is 0.0992 e. The Morgan fingerprint density at radius 1 is 1.05 bits per heavy atom. The van der Waals surface area contributed by atoms with Crippen LogP contribution in [-0.4, -0.2) is 11.7 Å². The molecule has 2 rings (SSSR count). The minimum atomic E-state index is -0.851. The second-order valence-electron chi connectivity index (χ2n) is 4.87. The average molecular weight is 320 g/mol. The Kier molecular flexibility index (Phi) is 4.75. The summed E-state index contributed by atoms with van der Waals surface area (Å²) in [6.07, 6.45) is 0. The summed E-state index contributed by atoms with van der Waals surface area (Å²) in [6, 6.07) is 17.9. The summed E-state index contributed by atoms with van der Waals surface area (Å²) in [5, 5.41) is 13.7. The third-order valence-corrected chi connectivity index (χ3v) is 3.64. The molecule has 0 bridgehead atoms. The van der Waals surface area contributed by atoms with E-state index < -0.39 is 5.60 Å². The van der Waals surface area contributed by atoms with Gasteiger partial charge < -0.3 is 10.4 Å². The largest absolute Gasteiger partial charge is 0.384 e. The molecule has 0 amide bonds. The highest BCUT2D eigenvalue weighted by Gasteiger charge is 2.21. The van der Waals surface area contributed by atoms with E-state index in [2.05, 4.69) is 33.4 Å². The lowest BCUT2D eigenvalue weighted by atomic mass is 9.96. The molecule has 0 spiro atoms. The van der Waals surface area contributed by atoms with Gasteiger partial charge >= 0.3 is 0 Å². The normalized spacial score (nSPS) is 14.1. The summed E-state index contributed by atoms with van der Waals surface area (Å²) >= 11 is 3.42. The van der Waals surface area contributed by atoms with Crippen molar-refractivity contribution in [2.45, 2.75) is 19.1 Å². The van der Waals surface area contributed by atoms with Gasteiger partial charge in [0.2, 0.25) is 0 Å². The number of nitrogens with one attached hydrogen (secondary N) is 1. The van der Waals surface area contributed by atoms with E-state index in [1.54, 1.807) is 0 Å². The number of hydrogen-bond donors (Lipinski definition) is 2. The fourth-order valence-electron chi connectivity index (χ4n) is 1.95. The van der Waals surface area contributed by atoms with Gasteiger partial charge in [0.15, 0.2) is 0 Å². The van der Waals surface area contributed by atoms with Crippen molar-refractivity contribution in [3.8, 4) is 0 Å². The van der Waals surface area contributed by atoms with Gasteiger partial charge in [0.25, 0.3) is 0 Å². The van der Waals surface area contributed by atoms with Gasteiger partial charge in [-0.3, -0.25) is 0 Å². The zero-order valence-corrected chi connectivity index (χ0v) is 12.5. The second kappa shape index (κ2) is 6.33. The summed E-state index contributed by atoms with van der Waals surface area (Å²) in [4.78, 5) is 0. The predicted octanol–water partition coefficient (Wildman–Crippen LogP) is 3.45. The van der Waals surface area contributed by atoms with Crippen molar-refractivity contribution in [2.75, 3.05) is 6.54 Å². The first kappa shape index (κ1) is 14.3. The number of halogens is 1. The Morgan fingerprint density at radius 2 is 1.68 bits per heavy atom. The number of hydrogen-bond acceptors (Lipinski definition) is 2. The van der Waals surface area contributed by atoms with E-state index in [4.69, 9.17) is 0 Å². The Balaban J connectivity index is 1.90. The van der Waals surface area contributed by atoms with Crippen molar-refractivity contribution in [1.29, 1.82) is 0 Å². The molecule has 0 aliphatic rings. The minimum absolute atomic E-state index is 0.521. The van der Waals surface area contributed by atoms with Crippen LogP contribution in [0.25, 0.3) is 0 Å². The molecule has 0 radical (unpaired) electrons. The fraction of sp³-hybridized carbons (Fsp3) is 0.250. The van der Waals surface area contributed by atoms with Crippen molar-refractivity contribution in [3.05, 3.63) is 70.2 Å².